The molecular weight excluding hydrogens is 408 g/mol. The van der Waals surface area contributed by atoms with Gasteiger partial charge in [0.05, 0.1) is 25.5 Å². The van der Waals surface area contributed by atoms with Crippen LogP contribution in [0.25, 0.3) is 0 Å². The van der Waals surface area contributed by atoms with Crippen molar-refractivity contribution in [2.24, 2.45) is 0 Å². The van der Waals surface area contributed by atoms with Gasteiger partial charge in [0, 0.05) is 28.6 Å². The summed E-state index contributed by atoms with van der Waals surface area (Å²) in [7, 11) is 0. The van der Waals surface area contributed by atoms with Crippen LogP contribution in [-0.4, -0.2) is 37.1 Å². The fraction of sp³-hybridized carbons (Fsp3) is 0.318. The van der Waals surface area contributed by atoms with E-state index in [1.54, 1.807) is 23.5 Å². The lowest BCUT2D eigenvalue weighted by Gasteiger charge is -2.35. The highest BCUT2D eigenvalue weighted by Crippen LogP contribution is 2.40. The number of amides is 1. The first-order chi connectivity index (χ1) is 14.2. The van der Waals surface area contributed by atoms with E-state index < -0.39 is 0 Å². The Labute approximate surface area is 179 Å². The lowest BCUT2D eigenvalue weighted by Crippen LogP contribution is -2.39. The summed E-state index contributed by atoms with van der Waals surface area (Å²) < 4.78 is 10.8. The smallest absolute Gasteiger partial charge is 0.291 e. The third-order valence-electron chi connectivity index (χ3n) is 5.02. The van der Waals surface area contributed by atoms with E-state index in [4.69, 9.17) is 20.8 Å². The first-order valence-corrected chi connectivity index (χ1v) is 10.9. The molecule has 2 aromatic heterocycles. The number of carbonyl (C=O) groups excluding carboxylic acids is 1. The molecule has 1 N–H and O–H groups in total. The number of nitrogens with zero attached hydrogens (tertiary/aromatic N) is 1. The third kappa shape index (κ3) is 4.56. The SMILES string of the molecule is CCc1cc([C@H](c2ccc(Cl)cc2)N2CCOCC2)c(NC(=O)c2ccco2)s1. The first-order valence-electron chi connectivity index (χ1n) is 9.70. The minimum atomic E-state index is -0.238. The lowest BCUT2D eigenvalue weighted by molar-refractivity contribution is 0.0241. The predicted octanol–water partition coefficient (Wildman–Crippen LogP) is 5.23. The highest BCUT2D eigenvalue weighted by atomic mass is 35.5. The van der Waals surface area contributed by atoms with E-state index >= 15 is 0 Å². The van der Waals surface area contributed by atoms with Crippen LogP contribution in [0.3, 0.4) is 0 Å². The highest BCUT2D eigenvalue weighted by Gasteiger charge is 2.29. The van der Waals surface area contributed by atoms with E-state index in [0.29, 0.717) is 24.0 Å². The molecule has 0 unspecified atom stereocenters. The maximum atomic E-state index is 12.7. The van der Waals surface area contributed by atoms with Gasteiger partial charge in [-0.05, 0) is 42.3 Å². The van der Waals surface area contributed by atoms with E-state index in [9.17, 15) is 4.79 Å². The normalized spacial score (nSPS) is 15.9. The summed E-state index contributed by atoms with van der Waals surface area (Å²) in [4.78, 5) is 16.3. The number of morpholine rings is 1. The number of halogens is 1. The maximum Gasteiger partial charge on any atom is 0.291 e. The average Bonchev–Trinajstić information content (AvgIpc) is 3.41. The standard InChI is InChI=1S/C22H23ClN2O3S/c1-2-17-14-18(22(29-17)24-21(26)19-4-3-11-28-19)20(25-9-12-27-13-10-25)15-5-7-16(23)8-6-15/h3-8,11,14,20H,2,9-10,12-13H2,1H3,(H,24,26)/t20-/m0/s1. The summed E-state index contributed by atoms with van der Waals surface area (Å²) in [5.74, 6) is 0.0643. The number of carbonyl (C=O) groups is 1. The molecule has 1 aliphatic heterocycles. The Morgan fingerprint density at radius 2 is 2.00 bits per heavy atom. The Kier molecular flexibility index (Phi) is 6.35. The van der Waals surface area contributed by atoms with Crippen molar-refractivity contribution in [3.63, 3.8) is 0 Å². The van der Waals surface area contributed by atoms with Crippen molar-refractivity contribution in [1.29, 1.82) is 0 Å². The van der Waals surface area contributed by atoms with Crippen LogP contribution in [0.4, 0.5) is 5.00 Å². The van der Waals surface area contributed by atoms with Gasteiger partial charge in [-0.15, -0.1) is 11.3 Å². The van der Waals surface area contributed by atoms with Crippen molar-refractivity contribution in [3.8, 4) is 0 Å². The van der Waals surface area contributed by atoms with Crippen molar-refractivity contribution in [2.75, 3.05) is 31.6 Å². The maximum absolute atomic E-state index is 12.7. The molecule has 3 heterocycles. The summed E-state index contributed by atoms with van der Waals surface area (Å²) in [6.07, 6.45) is 2.41. The quantitative estimate of drug-likeness (QED) is 0.581. The highest BCUT2D eigenvalue weighted by molar-refractivity contribution is 7.16. The summed E-state index contributed by atoms with van der Waals surface area (Å²) in [5.41, 5.74) is 2.24. The molecule has 29 heavy (non-hydrogen) atoms. The Balaban J connectivity index is 1.73. The van der Waals surface area contributed by atoms with Crippen LogP contribution in [0.1, 0.15) is 39.5 Å². The van der Waals surface area contributed by atoms with Crippen LogP contribution in [0.5, 0.6) is 0 Å². The van der Waals surface area contributed by atoms with Crippen molar-refractivity contribution in [2.45, 2.75) is 19.4 Å². The number of nitrogens with one attached hydrogen (secondary N) is 1. The van der Waals surface area contributed by atoms with Gasteiger partial charge in [0.15, 0.2) is 5.76 Å². The average molecular weight is 431 g/mol. The van der Waals surface area contributed by atoms with Crippen molar-refractivity contribution in [3.05, 3.63) is 75.5 Å². The minimum Gasteiger partial charge on any atom is -0.459 e. The molecule has 1 atom stereocenters. The van der Waals surface area contributed by atoms with Crippen molar-refractivity contribution >= 4 is 33.8 Å². The van der Waals surface area contributed by atoms with Gasteiger partial charge < -0.3 is 14.5 Å². The fourth-order valence-corrected chi connectivity index (χ4v) is 4.72. The van der Waals surface area contributed by atoms with Gasteiger partial charge in [-0.25, -0.2) is 0 Å². The van der Waals surface area contributed by atoms with Gasteiger partial charge in [-0.2, -0.15) is 0 Å². The van der Waals surface area contributed by atoms with Crippen LogP contribution in [0.15, 0.2) is 53.1 Å². The van der Waals surface area contributed by atoms with E-state index in [2.05, 4.69) is 35.3 Å². The number of hydrogen-bond donors (Lipinski definition) is 1. The number of anilines is 1. The van der Waals surface area contributed by atoms with Gasteiger partial charge in [-0.3, -0.25) is 9.69 Å². The largest absolute Gasteiger partial charge is 0.459 e. The Morgan fingerprint density at radius 1 is 1.24 bits per heavy atom. The monoisotopic (exact) mass is 430 g/mol. The summed E-state index contributed by atoms with van der Waals surface area (Å²) in [6, 6.07) is 13.6. The molecule has 4 rings (SSSR count). The predicted molar refractivity (Wildman–Crippen MR) is 116 cm³/mol. The number of thiophene rings is 1. The van der Waals surface area contributed by atoms with Gasteiger partial charge in [0.25, 0.3) is 5.91 Å². The molecular formula is C22H23ClN2O3S. The molecule has 1 fully saturated rings. The number of ether oxygens (including phenoxy) is 1. The summed E-state index contributed by atoms with van der Waals surface area (Å²) in [6.45, 7) is 5.18. The Morgan fingerprint density at radius 3 is 2.66 bits per heavy atom. The molecule has 0 radical (unpaired) electrons. The second-order valence-corrected chi connectivity index (χ2v) is 8.46. The summed E-state index contributed by atoms with van der Waals surface area (Å²) >= 11 is 7.75. The van der Waals surface area contributed by atoms with Crippen LogP contribution in [0.2, 0.25) is 5.02 Å². The molecule has 0 spiro atoms. The Hall–Kier alpha value is -2.12. The fourth-order valence-electron chi connectivity index (χ4n) is 3.57. The van der Waals surface area contributed by atoms with Gasteiger partial charge in [0.2, 0.25) is 0 Å². The van der Waals surface area contributed by atoms with Gasteiger partial charge in [0.1, 0.15) is 5.00 Å². The molecule has 5 nitrogen and oxygen atoms in total. The molecule has 1 saturated heterocycles. The van der Waals surface area contributed by atoms with Gasteiger partial charge in [-0.1, -0.05) is 30.7 Å². The topological polar surface area (TPSA) is 54.7 Å². The zero-order valence-electron chi connectivity index (χ0n) is 16.2. The number of furan rings is 1. The van der Waals surface area contributed by atoms with Crippen molar-refractivity contribution < 1.29 is 13.9 Å². The second kappa shape index (κ2) is 9.13. The van der Waals surface area contributed by atoms with E-state index in [1.807, 2.05) is 12.1 Å². The zero-order valence-corrected chi connectivity index (χ0v) is 17.8. The zero-order chi connectivity index (χ0) is 20.2. The first kappa shape index (κ1) is 20.2. The molecule has 0 saturated carbocycles. The Bertz CT molecular complexity index is 947. The summed E-state index contributed by atoms with van der Waals surface area (Å²) in [5, 5.41) is 4.64. The molecule has 152 valence electrons. The van der Waals surface area contributed by atoms with Gasteiger partial charge >= 0.3 is 0 Å². The molecule has 3 aromatic rings. The third-order valence-corrected chi connectivity index (χ3v) is 6.49. The molecule has 7 heteroatoms. The lowest BCUT2D eigenvalue weighted by atomic mass is 9.97. The van der Waals surface area contributed by atoms with Crippen LogP contribution < -0.4 is 5.32 Å². The minimum absolute atomic E-state index is 0.0135. The van der Waals surface area contributed by atoms with Crippen molar-refractivity contribution in [1.82, 2.24) is 4.90 Å². The number of aryl methyl sites for hydroxylation is 1. The molecule has 0 aliphatic carbocycles. The number of hydrogen-bond acceptors (Lipinski definition) is 5. The van der Waals surface area contributed by atoms with Crippen LogP contribution in [-0.2, 0) is 11.2 Å². The molecule has 1 aliphatic rings. The number of benzene rings is 1. The molecule has 0 bridgehead atoms. The van der Waals surface area contributed by atoms with E-state index in [-0.39, 0.29) is 11.9 Å². The van der Waals surface area contributed by atoms with Crippen LogP contribution >= 0.6 is 22.9 Å². The molecule has 1 amide bonds. The second-order valence-electron chi connectivity index (χ2n) is 6.88. The van der Waals surface area contributed by atoms with E-state index in [0.717, 1.165) is 35.6 Å². The van der Waals surface area contributed by atoms with E-state index in [1.165, 1.54) is 11.1 Å². The van der Waals surface area contributed by atoms with Crippen LogP contribution in [0, 0.1) is 0 Å². The number of rotatable bonds is 6. The molecule has 1 aromatic carbocycles.